The molecule has 32 heavy (non-hydrogen) atoms. The number of benzene rings is 2. The van der Waals surface area contributed by atoms with Gasteiger partial charge in [0.25, 0.3) is 5.91 Å². The second-order valence-corrected chi connectivity index (χ2v) is 9.91. The van der Waals surface area contributed by atoms with Crippen LogP contribution < -0.4 is 14.4 Å². The molecule has 0 aliphatic heterocycles. The molecule has 1 amide bonds. The van der Waals surface area contributed by atoms with Crippen LogP contribution in [-0.4, -0.2) is 43.9 Å². The molecule has 170 valence electrons. The molecule has 1 N–H and O–H groups in total. The second-order valence-electron chi connectivity index (χ2n) is 6.98. The van der Waals surface area contributed by atoms with E-state index in [0.29, 0.717) is 23.7 Å². The van der Waals surface area contributed by atoms with Gasteiger partial charge in [-0.3, -0.25) is 9.10 Å². The number of hydrogen-bond acceptors (Lipinski definition) is 7. The van der Waals surface area contributed by atoms with Crippen molar-refractivity contribution in [2.45, 2.75) is 26.0 Å². The van der Waals surface area contributed by atoms with Crippen LogP contribution in [0.2, 0.25) is 0 Å². The zero-order chi connectivity index (χ0) is 23.3. The molecule has 0 aliphatic carbocycles. The summed E-state index contributed by atoms with van der Waals surface area (Å²) in [5, 5.41) is 6.68. The number of sulfonamides is 1. The van der Waals surface area contributed by atoms with E-state index in [1.165, 1.54) is 7.05 Å². The number of nitrogens with one attached hydrogen (secondary N) is 1. The minimum Gasteiger partial charge on any atom is -0.481 e. The van der Waals surface area contributed by atoms with Gasteiger partial charge in [0.2, 0.25) is 21.7 Å². The zero-order valence-corrected chi connectivity index (χ0v) is 20.2. The molecule has 3 rings (SSSR count). The number of carbonyl (C=O) groups is 1. The van der Waals surface area contributed by atoms with E-state index in [-0.39, 0.29) is 18.3 Å². The molecule has 0 saturated heterocycles. The summed E-state index contributed by atoms with van der Waals surface area (Å²) in [5.74, 6) is 0.828. The lowest BCUT2D eigenvalue weighted by Crippen LogP contribution is -2.37. The molecular formula is C21H23BrN4O5S. The van der Waals surface area contributed by atoms with Gasteiger partial charge in [0, 0.05) is 17.1 Å². The van der Waals surface area contributed by atoms with Gasteiger partial charge in [-0.1, -0.05) is 40.1 Å². The smallest absolute Gasteiger partial charge is 0.261 e. The lowest BCUT2D eigenvalue weighted by atomic mass is 10.2. The first-order chi connectivity index (χ1) is 15.2. The SMILES string of the molecule is CC[C@@H](Oc1ccc(N(C)S(C)(=O)=O)cc1)C(=O)NCc1nc(-c2cccc(Br)c2)no1. The Hall–Kier alpha value is -2.92. The molecule has 0 aliphatic rings. The van der Waals surface area contributed by atoms with Crippen LogP contribution in [0.3, 0.4) is 0 Å². The van der Waals surface area contributed by atoms with Crippen LogP contribution in [0.4, 0.5) is 5.69 Å². The van der Waals surface area contributed by atoms with E-state index >= 15 is 0 Å². The highest BCUT2D eigenvalue weighted by atomic mass is 79.9. The fourth-order valence-corrected chi connectivity index (χ4v) is 3.66. The number of rotatable bonds is 9. The Morgan fingerprint density at radius 1 is 1.25 bits per heavy atom. The normalized spacial score (nSPS) is 12.2. The number of nitrogens with zero attached hydrogens (tertiary/aromatic N) is 3. The monoisotopic (exact) mass is 522 g/mol. The van der Waals surface area contributed by atoms with Crippen molar-refractivity contribution in [2.24, 2.45) is 0 Å². The molecule has 9 nitrogen and oxygen atoms in total. The summed E-state index contributed by atoms with van der Waals surface area (Å²) in [4.78, 5) is 16.9. The maximum atomic E-state index is 12.6. The van der Waals surface area contributed by atoms with Gasteiger partial charge in [-0.15, -0.1) is 0 Å². The molecule has 11 heteroatoms. The summed E-state index contributed by atoms with van der Waals surface area (Å²) in [6.45, 7) is 1.89. The number of amides is 1. The first kappa shape index (κ1) is 23.7. The Morgan fingerprint density at radius 3 is 2.59 bits per heavy atom. The Kier molecular flexibility index (Phi) is 7.52. The summed E-state index contributed by atoms with van der Waals surface area (Å²) in [5.41, 5.74) is 1.29. The molecule has 2 aromatic carbocycles. The molecule has 0 fully saturated rings. The van der Waals surface area contributed by atoms with Gasteiger partial charge >= 0.3 is 0 Å². The number of ether oxygens (including phenoxy) is 1. The van der Waals surface area contributed by atoms with Crippen LogP contribution in [0, 0.1) is 0 Å². The van der Waals surface area contributed by atoms with Crippen molar-refractivity contribution in [1.82, 2.24) is 15.5 Å². The summed E-state index contributed by atoms with van der Waals surface area (Å²) < 4.78 is 36.3. The topological polar surface area (TPSA) is 115 Å². The second kappa shape index (κ2) is 10.1. The maximum absolute atomic E-state index is 12.6. The predicted octanol–water partition coefficient (Wildman–Crippen LogP) is 3.37. The highest BCUT2D eigenvalue weighted by molar-refractivity contribution is 9.10. The molecule has 3 aromatic rings. The number of halogens is 1. The summed E-state index contributed by atoms with van der Waals surface area (Å²) in [7, 11) is -1.89. The lowest BCUT2D eigenvalue weighted by molar-refractivity contribution is -0.128. The van der Waals surface area contributed by atoms with Gasteiger partial charge in [-0.05, 0) is 42.8 Å². The minimum atomic E-state index is -3.36. The number of carbonyl (C=O) groups excluding carboxylic acids is 1. The Morgan fingerprint density at radius 2 is 1.97 bits per heavy atom. The molecule has 0 bridgehead atoms. The molecule has 1 atom stereocenters. The number of anilines is 1. The fraction of sp³-hybridized carbons (Fsp3) is 0.286. The van der Waals surface area contributed by atoms with Gasteiger partial charge in [0.15, 0.2) is 6.10 Å². The summed E-state index contributed by atoms with van der Waals surface area (Å²) >= 11 is 3.40. The quantitative estimate of drug-likeness (QED) is 0.458. The summed E-state index contributed by atoms with van der Waals surface area (Å²) in [6, 6.07) is 14.0. The maximum Gasteiger partial charge on any atom is 0.261 e. The van der Waals surface area contributed by atoms with Gasteiger partial charge in [0.1, 0.15) is 5.75 Å². The molecule has 1 aromatic heterocycles. The van der Waals surface area contributed by atoms with E-state index in [0.717, 1.165) is 20.6 Å². The third-order valence-corrected chi connectivity index (χ3v) is 6.30. The van der Waals surface area contributed by atoms with E-state index in [4.69, 9.17) is 9.26 Å². The largest absolute Gasteiger partial charge is 0.481 e. The van der Waals surface area contributed by atoms with Crippen molar-refractivity contribution >= 4 is 37.5 Å². The molecule has 1 heterocycles. The lowest BCUT2D eigenvalue weighted by Gasteiger charge is -2.19. The minimum absolute atomic E-state index is 0.0673. The van der Waals surface area contributed by atoms with Crippen LogP contribution in [0.25, 0.3) is 11.4 Å². The first-order valence-corrected chi connectivity index (χ1v) is 12.4. The van der Waals surface area contributed by atoms with Crippen molar-refractivity contribution < 1.29 is 22.5 Å². The number of aromatic nitrogens is 2. The molecular weight excluding hydrogens is 500 g/mol. The Labute approximate surface area is 194 Å². The van der Waals surface area contributed by atoms with Crippen LogP contribution in [0.1, 0.15) is 19.2 Å². The fourth-order valence-electron chi connectivity index (χ4n) is 2.76. The van der Waals surface area contributed by atoms with E-state index < -0.39 is 16.1 Å². The first-order valence-electron chi connectivity index (χ1n) is 9.74. The van der Waals surface area contributed by atoms with Gasteiger partial charge in [0.05, 0.1) is 18.5 Å². The van der Waals surface area contributed by atoms with E-state index in [2.05, 4.69) is 31.4 Å². The highest BCUT2D eigenvalue weighted by Crippen LogP contribution is 2.22. The van der Waals surface area contributed by atoms with Crippen molar-refractivity contribution in [3.8, 4) is 17.1 Å². The number of hydrogen-bond donors (Lipinski definition) is 1. The van der Waals surface area contributed by atoms with Gasteiger partial charge < -0.3 is 14.6 Å². The third-order valence-electron chi connectivity index (χ3n) is 4.60. The Balaban J connectivity index is 1.58. The van der Waals surface area contributed by atoms with Crippen molar-refractivity contribution in [1.29, 1.82) is 0 Å². The van der Waals surface area contributed by atoms with Gasteiger partial charge in [-0.25, -0.2) is 8.42 Å². The standard InChI is InChI=1S/C21H23BrN4O5S/c1-4-18(30-17-10-8-16(9-11-17)26(2)32(3,28)29)21(27)23-13-19-24-20(25-31-19)14-6-5-7-15(22)12-14/h5-12,18H,4,13H2,1-3H3,(H,23,27)/t18-/m1/s1. The highest BCUT2D eigenvalue weighted by Gasteiger charge is 2.20. The molecule has 0 saturated carbocycles. The zero-order valence-electron chi connectivity index (χ0n) is 17.8. The Bertz CT molecular complexity index is 1180. The van der Waals surface area contributed by atoms with Crippen molar-refractivity contribution in [3.63, 3.8) is 0 Å². The molecule has 0 unspecified atom stereocenters. The van der Waals surface area contributed by atoms with Crippen molar-refractivity contribution in [2.75, 3.05) is 17.6 Å². The van der Waals surface area contributed by atoms with Crippen molar-refractivity contribution in [3.05, 3.63) is 58.9 Å². The average Bonchev–Trinajstić information content (AvgIpc) is 3.24. The molecule has 0 spiro atoms. The predicted molar refractivity (Wildman–Crippen MR) is 124 cm³/mol. The average molecular weight is 523 g/mol. The van der Waals surface area contributed by atoms with E-state index in [1.54, 1.807) is 24.3 Å². The van der Waals surface area contributed by atoms with Crippen LogP contribution >= 0.6 is 15.9 Å². The third kappa shape index (κ3) is 6.07. The van der Waals surface area contributed by atoms with Crippen LogP contribution in [0.5, 0.6) is 5.75 Å². The van der Waals surface area contributed by atoms with E-state index in [1.807, 2.05) is 31.2 Å². The molecule has 0 radical (unpaired) electrons. The van der Waals surface area contributed by atoms with Crippen LogP contribution in [-0.2, 0) is 21.4 Å². The summed E-state index contributed by atoms with van der Waals surface area (Å²) in [6.07, 6.45) is 0.824. The van der Waals surface area contributed by atoms with Gasteiger partial charge in [-0.2, -0.15) is 4.98 Å². The van der Waals surface area contributed by atoms with E-state index in [9.17, 15) is 13.2 Å². The van der Waals surface area contributed by atoms with Crippen LogP contribution in [0.15, 0.2) is 57.5 Å².